The lowest BCUT2D eigenvalue weighted by Gasteiger charge is -2.13. The molecule has 4 nitrogen and oxygen atoms in total. The van der Waals surface area contributed by atoms with Crippen molar-refractivity contribution in [2.45, 2.75) is 12.8 Å². The molecule has 0 N–H and O–H groups in total. The van der Waals surface area contributed by atoms with Crippen molar-refractivity contribution in [1.29, 1.82) is 0 Å². The van der Waals surface area contributed by atoms with Gasteiger partial charge in [0.25, 0.3) is 0 Å². The Balaban J connectivity index is 1.44. The summed E-state index contributed by atoms with van der Waals surface area (Å²) in [5.41, 5.74) is 16.0. The predicted octanol–water partition coefficient (Wildman–Crippen LogP) is 6.73. The van der Waals surface area contributed by atoms with Crippen molar-refractivity contribution in [3.63, 3.8) is 0 Å². The minimum Gasteiger partial charge on any atom is -0.288 e. The molecule has 4 heteroatoms. The van der Waals surface area contributed by atoms with Gasteiger partial charge in [-0.25, -0.2) is 9.97 Å². The highest BCUT2D eigenvalue weighted by molar-refractivity contribution is 6.14. The van der Waals surface area contributed by atoms with Gasteiger partial charge in [-0.3, -0.25) is 9.38 Å². The third-order valence-corrected chi connectivity index (χ3v) is 7.89. The number of aromatic nitrogens is 4. The third-order valence-electron chi connectivity index (χ3n) is 7.89. The molecule has 3 aromatic carbocycles. The van der Waals surface area contributed by atoms with Crippen molar-refractivity contribution < 1.29 is 0 Å². The van der Waals surface area contributed by atoms with Crippen LogP contribution in [0.2, 0.25) is 0 Å². The molecule has 0 unspecified atom stereocenters. The largest absolute Gasteiger partial charge is 0.288 e. The Kier molecular flexibility index (Phi) is 3.11. The van der Waals surface area contributed by atoms with Crippen LogP contribution in [0.15, 0.2) is 85.2 Å². The number of nitrogens with zero attached hydrogens (tertiary/aromatic N) is 4. The van der Waals surface area contributed by atoms with Crippen LogP contribution < -0.4 is 0 Å². The summed E-state index contributed by atoms with van der Waals surface area (Å²) >= 11 is 0. The van der Waals surface area contributed by atoms with Crippen molar-refractivity contribution in [2.24, 2.45) is 0 Å². The van der Waals surface area contributed by atoms with E-state index in [1.54, 1.807) is 0 Å². The van der Waals surface area contributed by atoms with E-state index in [2.05, 4.69) is 70.0 Å². The first-order valence-electron chi connectivity index (χ1n) is 12.0. The number of benzene rings is 3. The van der Waals surface area contributed by atoms with Gasteiger partial charge in [-0.1, -0.05) is 36.4 Å². The van der Waals surface area contributed by atoms with Gasteiger partial charge in [0.15, 0.2) is 5.65 Å². The molecule has 0 radical (unpaired) electrons. The Bertz CT molecular complexity index is 2070. The first-order chi connectivity index (χ1) is 17.3. The fraction of sp³-hybridized carbons (Fsp3) is 0.0645. The molecule has 35 heavy (non-hydrogen) atoms. The van der Waals surface area contributed by atoms with Gasteiger partial charge < -0.3 is 0 Å². The Morgan fingerprint density at radius 2 is 1.37 bits per heavy atom. The second kappa shape index (κ2) is 6.10. The lowest BCUT2D eigenvalue weighted by atomic mass is 9.93. The molecule has 0 atom stereocenters. The second-order valence-corrected chi connectivity index (χ2v) is 9.69. The average Bonchev–Trinajstić information content (AvgIpc) is 3.58. The van der Waals surface area contributed by atoms with E-state index >= 15 is 0 Å². The van der Waals surface area contributed by atoms with Crippen LogP contribution in [0, 0.1) is 0 Å². The van der Waals surface area contributed by atoms with Crippen molar-refractivity contribution in [3.05, 3.63) is 107 Å². The van der Waals surface area contributed by atoms with E-state index in [0.717, 1.165) is 51.5 Å². The topological polar surface area (TPSA) is 43.1 Å². The predicted molar refractivity (Wildman–Crippen MR) is 140 cm³/mol. The quantitative estimate of drug-likeness (QED) is 0.243. The molecule has 0 amide bonds. The molecule has 0 saturated carbocycles. The van der Waals surface area contributed by atoms with Crippen LogP contribution in [0.3, 0.4) is 0 Å². The number of fused-ring (bicyclic) bond motifs is 15. The Morgan fingerprint density at radius 1 is 0.600 bits per heavy atom. The fourth-order valence-electron chi connectivity index (χ4n) is 6.45. The molecule has 0 fully saturated rings. The number of rotatable bonds is 0. The third kappa shape index (κ3) is 2.15. The van der Waals surface area contributed by atoms with Gasteiger partial charge in [-0.05, 0) is 93.7 Å². The highest BCUT2D eigenvalue weighted by Gasteiger charge is 2.29. The van der Waals surface area contributed by atoms with E-state index in [-0.39, 0.29) is 0 Å². The van der Waals surface area contributed by atoms with Gasteiger partial charge in [0.05, 0.1) is 16.6 Å². The van der Waals surface area contributed by atoms with Crippen molar-refractivity contribution in [1.82, 2.24) is 19.4 Å². The smallest absolute Gasteiger partial charge is 0.178 e. The maximum absolute atomic E-state index is 4.98. The van der Waals surface area contributed by atoms with E-state index in [4.69, 9.17) is 9.97 Å². The summed E-state index contributed by atoms with van der Waals surface area (Å²) in [6.45, 7) is 0. The summed E-state index contributed by atoms with van der Waals surface area (Å²) in [6, 6.07) is 26.5. The van der Waals surface area contributed by atoms with Crippen LogP contribution >= 0.6 is 0 Å². The van der Waals surface area contributed by atoms with E-state index in [1.807, 2.05) is 24.5 Å². The lowest BCUT2D eigenvalue weighted by Crippen LogP contribution is -1.94. The Morgan fingerprint density at radius 3 is 2.29 bits per heavy atom. The zero-order valence-corrected chi connectivity index (χ0v) is 18.8. The van der Waals surface area contributed by atoms with Gasteiger partial charge in [0.2, 0.25) is 0 Å². The summed E-state index contributed by atoms with van der Waals surface area (Å²) in [6.07, 6.45) is 5.66. The van der Waals surface area contributed by atoms with Crippen LogP contribution in [0.25, 0.3) is 60.9 Å². The molecule has 7 aromatic rings. The first-order valence-corrected chi connectivity index (χ1v) is 12.0. The van der Waals surface area contributed by atoms with Gasteiger partial charge in [0.1, 0.15) is 5.65 Å². The summed E-state index contributed by atoms with van der Waals surface area (Å²) < 4.78 is 2.22. The zero-order valence-electron chi connectivity index (χ0n) is 18.8. The van der Waals surface area contributed by atoms with E-state index in [0.29, 0.717) is 0 Å². The van der Waals surface area contributed by atoms with Gasteiger partial charge >= 0.3 is 0 Å². The summed E-state index contributed by atoms with van der Waals surface area (Å²) in [7, 11) is 0. The molecule has 0 spiro atoms. The standard InChI is InChI=1S/C31H18N4/c1-2-6-21-17(5-1)13-18-9-10-19-14-20-15-24-23(16-22(20)28(19)27(18)21)29-25(7-3-11-32-29)35-26-8-4-12-33-30(26)34-31(24)35/h1-12,15-16H,13-14H2. The number of pyridine rings is 3. The van der Waals surface area contributed by atoms with E-state index in [1.165, 1.54) is 44.5 Å². The normalized spacial score (nSPS) is 13.5. The van der Waals surface area contributed by atoms with Gasteiger partial charge in [-0.2, -0.15) is 0 Å². The molecule has 9 rings (SSSR count). The second-order valence-electron chi connectivity index (χ2n) is 9.69. The lowest BCUT2D eigenvalue weighted by molar-refractivity contribution is 1.23. The highest BCUT2D eigenvalue weighted by atomic mass is 15.1. The molecule has 162 valence electrons. The number of hydrogen-bond donors (Lipinski definition) is 0. The number of imidazole rings is 1. The SMILES string of the molecule is c1ccc2c(c1)Cc1ccc3c(c1-2)-c1cc2c(cc1C3)c1nc3ncccc3n1c1cccnc21. The summed E-state index contributed by atoms with van der Waals surface area (Å²) in [5.74, 6) is 0. The molecule has 4 aromatic heterocycles. The van der Waals surface area contributed by atoms with E-state index in [9.17, 15) is 0 Å². The summed E-state index contributed by atoms with van der Waals surface area (Å²) in [4.78, 5) is 14.4. The van der Waals surface area contributed by atoms with Crippen molar-refractivity contribution >= 4 is 38.6 Å². The molecular formula is C31H18N4. The van der Waals surface area contributed by atoms with E-state index < -0.39 is 0 Å². The molecular weight excluding hydrogens is 428 g/mol. The molecule has 2 aliphatic carbocycles. The Labute approximate surface area is 200 Å². The van der Waals surface area contributed by atoms with Crippen LogP contribution in [-0.4, -0.2) is 19.4 Å². The van der Waals surface area contributed by atoms with Gasteiger partial charge in [-0.15, -0.1) is 0 Å². The summed E-state index contributed by atoms with van der Waals surface area (Å²) in [5, 5.41) is 2.29. The maximum atomic E-state index is 4.98. The average molecular weight is 447 g/mol. The monoisotopic (exact) mass is 446 g/mol. The van der Waals surface area contributed by atoms with Crippen molar-refractivity contribution in [2.75, 3.05) is 0 Å². The molecule has 0 aliphatic heterocycles. The fourth-order valence-corrected chi connectivity index (χ4v) is 6.45. The molecule has 0 bridgehead atoms. The maximum Gasteiger partial charge on any atom is 0.178 e. The molecule has 2 aliphatic rings. The van der Waals surface area contributed by atoms with Crippen LogP contribution in [0.1, 0.15) is 22.3 Å². The van der Waals surface area contributed by atoms with Crippen LogP contribution in [-0.2, 0) is 12.8 Å². The van der Waals surface area contributed by atoms with Gasteiger partial charge in [0, 0.05) is 23.2 Å². The van der Waals surface area contributed by atoms with Crippen molar-refractivity contribution in [3.8, 4) is 22.3 Å². The zero-order chi connectivity index (χ0) is 22.7. The minimum atomic E-state index is 0.767. The van der Waals surface area contributed by atoms with Crippen LogP contribution in [0.4, 0.5) is 0 Å². The minimum absolute atomic E-state index is 0.767. The molecule has 4 heterocycles. The molecule has 0 saturated heterocycles. The Hall–Kier alpha value is -4.57. The number of hydrogen-bond acceptors (Lipinski definition) is 3. The first kappa shape index (κ1) is 17.8. The highest BCUT2D eigenvalue weighted by Crippen LogP contribution is 2.50. The van der Waals surface area contributed by atoms with Crippen LogP contribution in [0.5, 0.6) is 0 Å².